The predicted molar refractivity (Wildman–Crippen MR) is 72.5 cm³/mol. The minimum absolute atomic E-state index is 0.419. The molecular formula is C13H19N3O. The van der Waals surface area contributed by atoms with E-state index in [0.717, 1.165) is 17.9 Å². The van der Waals surface area contributed by atoms with Gasteiger partial charge in [-0.25, -0.2) is 0 Å². The largest absolute Gasteiger partial charge is 0.497 e. The zero-order valence-corrected chi connectivity index (χ0v) is 10.3. The molecule has 1 aromatic carbocycles. The Morgan fingerprint density at radius 1 is 1.53 bits per heavy atom. The van der Waals surface area contributed by atoms with E-state index in [1.54, 1.807) is 7.11 Å². The van der Waals surface area contributed by atoms with Crippen LogP contribution < -0.4 is 15.8 Å². The van der Waals surface area contributed by atoms with Crippen LogP contribution in [0.3, 0.4) is 0 Å². The number of nitrogens with zero attached hydrogens (tertiary/aromatic N) is 1. The lowest BCUT2D eigenvalue weighted by atomic mass is 10.3. The van der Waals surface area contributed by atoms with Gasteiger partial charge >= 0.3 is 0 Å². The molecule has 3 N–H and O–H groups in total. The number of rotatable bonds is 5. The Morgan fingerprint density at radius 2 is 2.35 bits per heavy atom. The normalized spacial score (nSPS) is 11.8. The highest BCUT2D eigenvalue weighted by Gasteiger charge is 1.96. The topological polar surface area (TPSA) is 59.6 Å². The number of nitrogens with two attached hydrogens (primary N) is 1. The van der Waals surface area contributed by atoms with Crippen molar-refractivity contribution in [1.29, 1.82) is 0 Å². The van der Waals surface area contributed by atoms with Crippen LogP contribution in [0.4, 0.5) is 5.69 Å². The molecule has 0 aliphatic heterocycles. The Hall–Kier alpha value is -1.97. The molecule has 1 aromatic rings. The lowest BCUT2D eigenvalue weighted by Gasteiger charge is -2.06. The zero-order chi connectivity index (χ0) is 12.5. The first kappa shape index (κ1) is 13.1. The molecule has 0 atom stereocenters. The first-order chi connectivity index (χ1) is 8.26. The average Bonchev–Trinajstić information content (AvgIpc) is 2.35. The molecule has 0 saturated carbocycles. The van der Waals surface area contributed by atoms with Crippen molar-refractivity contribution in [2.75, 3.05) is 19.0 Å². The van der Waals surface area contributed by atoms with Gasteiger partial charge in [0.2, 0.25) is 0 Å². The van der Waals surface area contributed by atoms with Crippen LogP contribution in [0.1, 0.15) is 13.3 Å². The van der Waals surface area contributed by atoms with Gasteiger partial charge in [0.05, 0.1) is 7.11 Å². The molecule has 4 nitrogen and oxygen atoms in total. The average molecular weight is 233 g/mol. The molecule has 0 saturated heterocycles. The highest BCUT2D eigenvalue weighted by molar-refractivity contribution is 5.92. The van der Waals surface area contributed by atoms with Crippen LogP contribution in [0.25, 0.3) is 0 Å². The maximum atomic E-state index is 5.75. The van der Waals surface area contributed by atoms with Crippen molar-refractivity contribution in [2.45, 2.75) is 13.3 Å². The van der Waals surface area contributed by atoms with Gasteiger partial charge in [-0.15, -0.1) is 0 Å². The van der Waals surface area contributed by atoms with Crippen molar-refractivity contribution >= 4 is 11.6 Å². The van der Waals surface area contributed by atoms with Crippen molar-refractivity contribution in [3.05, 3.63) is 36.4 Å². The molecule has 0 spiro atoms. The van der Waals surface area contributed by atoms with Gasteiger partial charge in [-0.05, 0) is 25.5 Å². The monoisotopic (exact) mass is 233 g/mol. The number of benzene rings is 1. The van der Waals surface area contributed by atoms with Gasteiger partial charge in [-0.1, -0.05) is 18.2 Å². The van der Waals surface area contributed by atoms with Gasteiger partial charge in [-0.2, -0.15) is 0 Å². The Balaban J connectivity index is 2.51. The molecule has 0 aliphatic carbocycles. The van der Waals surface area contributed by atoms with E-state index >= 15 is 0 Å². The highest BCUT2D eigenvalue weighted by Crippen LogP contribution is 2.16. The molecule has 0 amide bonds. The number of aliphatic imine (C=N–C) groups is 1. The third kappa shape index (κ3) is 5.06. The molecule has 0 aliphatic rings. The molecule has 0 fully saturated rings. The fourth-order valence-corrected chi connectivity index (χ4v) is 1.31. The first-order valence-corrected chi connectivity index (χ1v) is 5.58. The summed E-state index contributed by atoms with van der Waals surface area (Å²) in [6.45, 7) is 2.68. The number of methoxy groups -OCH3 is 1. The summed E-state index contributed by atoms with van der Waals surface area (Å²) in [5.41, 5.74) is 6.63. The second kappa shape index (κ2) is 7.33. The number of ether oxygens (including phenoxy) is 1. The number of anilines is 1. The van der Waals surface area contributed by atoms with Gasteiger partial charge in [0.25, 0.3) is 0 Å². The minimum atomic E-state index is 0.419. The molecule has 17 heavy (non-hydrogen) atoms. The van der Waals surface area contributed by atoms with Crippen molar-refractivity contribution in [1.82, 2.24) is 0 Å². The third-order valence-electron chi connectivity index (χ3n) is 2.16. The summed E-state index contributed by atoms with van der Waals surface area (Å²) in [6.07, 6.45) is 4.96. The van der Waals surface area contributed by atoms with Crippen LogP contribution in [0.5, 0.6) is 5.75 Å². The van der Waals surface area contributed by atoms with Gasteiger partial charge in [0.15, 0.2) is 5.96 Å². The summed E-state index contributed by atoms with van der Waals surface area (Å²) in [4.78, 5) is 4.20. The molecule has 4 heteroatoms. The van der Waals surface area contributed by atoms with Gasteiger partial charge in [-0.3, -0.25) is 4.99 Å². The Labute approximate surface area is 102 Å². The van der Waals surface area contributed by atoms with Crippen LogP contribution >= 0.6 is 0 Å². The van der Waals surface area contributed by atoms with Crippen molar-refractivity contribution in [3.63, 3.8) is 0 Å². The standard InChI is InChI=1S/C13H19N3O/c1-3-4-5-9-15-13(14)16-11-7-6-8-12(10-11)17-2/h3-4,6-8,10H,5,9H2,1-2H3,(H3,14,15,16)/b4-3+. The second-order valence-corrected chi connectivity index (χ2v) is 3.48. The van der Waals surface area contributed by atoms with Gasteiger partial charge in [0, 0.05) is 18.3 Å². The van der Waals surface area contributed by atoms with Crippen molar-refractivity contribution in [3.8, 4) is 5.75 Å². The molecular weight excluding hydrogens is 214 g/mol. The minimum Gasteiger partial charge on any atom is -0.497 e. The number of hydrogen-bond donors (Lipinski definition) is 2. The zero-order valence-electron chi connectivity index (χ0n) is 10.3. The summed E-state index contributed by atoms with van der Waals surface area (Å²) in [5, 5.41) is 3.02. The fraction of sp³-hybridized carbons (Fsp3) is 0.308. The van der Waals surface area contributed by atoms with Crippen molar-refractivity contribution < 1.29 is 4.74 Å². The van der Waals surface area contributed by atoms with E-state index in [0.29, 0.717) is 12.5 Å². The van der Waals surface area contributed by atoms with E-state index in [1.807, 2.05) is 37.3 Å². The maximum absolute atomic E-state index is 5.75. The van der Waals surface area contributed by atoms with E-state index in [4.69, 9.17) is 10.5 Å². The molecule has 0 bridgehead atoms. The molecule has 92 valence electrons. The van der Waals surface area contributed by atoms with Gasteiger partial charge in [0.1, 0.15) is 5.75 Å². The van der Waals surface area contributed by atoms with Crippen LogP contribution in [0, 0.1) is 0 Å². The maximum Gasteiger partial charge on any atom is 0.193 e. The summed E-state index contributed by atoms with van der Waals surface area (Å²) < 4.78 is 5.12. The number of nitrogens with one attached hydrogen (secondary N) is 1. The molecule has 0 unspecified atom stereocenters. The predicted octanol–water partition coefficient (Wildman–Crippen LogP) is 2.39. The Morgan fingerprint density at radius 3 is 3.06 bits per heavy atom. The molecule has 0 aromatic heterocycles. The summed E-state index contributed by atoms with van der Waals surface area (Å²) >= 11 is 0. The van der Waals surface area contributed by atoms with E-state index in [-0.39, 0.29) is 0 Å². The van der Waals surface area contributed by atoms with Crippen LogP contribution in [-0.4, -0.2) is 19.6 Å². The molecule has 0 heterocycles. The first-order valence-electron chi connectivity index (χ1n) is 5.58. The van der Waals surface area contributed by atoms with E-state index in [1.165, 1.54) is 0 Å². The highest BCUT2D eigenvalue weighted by atomic mass is 16.5. The smallest absolute Gasteiger partial charge is 0.193 e. The summed E-state index contributed by atoms with van der Waals surface area (Å²) in [7, 11) is 1.63. The van der Waals surface area contributed by atoms with Gasteiger partial charge < -0.3 is 15.8 Å². The SMILES string of the molecule is C/C=C/CCN=C(N)Nc1cccc(OC)c1. The van der Waals surface area contributed by atoms with Crippen LogP contribution in [0.2, 0.25) is 0 Å². The van der Waals surface area contributed by atoms with Crippen LogP contribution in [0.15, 0.2) is 41.4 Å². The van der Waals surface area contributed by atoms with E-state index in [2.05, 4.69) is 16.4 Å². The number of hydrogen-bond acceptors (Lipinski definition) is 2. The lowest BCUT2D eigenvalue weighted by Crippen LogP contribution is -2.22. The van der Waals surface area contributed by atoms with E-state index in [9.17, 15) is 0 Å². The van der Waals surface area contributed by atoms with Crippen molar-refractivity contribution in [2.24, 2.45) is 10.7 Å². The summed E-state index contributed by atoms with van der Waals surface area (Å²) in [6, 6.07) is 7.56. The number of guanidine groups is 1. The third-order valence-corrected chi connectivity index (χ3v) is 2.16. The molecule has 0 radical (unpaired) electrons. The second-order valence-electron chi connectivity index (χ2n) is 3.48. The lowest BCUT2D eigenvalue weighted by molar-refractivity contribution is 0.415. The molecule has 1 rings (SSSR count). The fourth-order valence-electron chi connectivity index (χ4n) is 1.31. The quantitative estimate of drug-likeness (QED) is 0.355. The Bertz CT molecular complexity index is 399. The summed E-state index contributed by atoms with van der Waals surface area (Å²) in [5.74, 6) is 1.21. The number of allylic oxidation sites excluding steroid dienone is 1. The van der Waals surface area contributed by atoms with Crippen LogP contribution in [-0.2, 0) is 0 Å². The van der Waals surface area contributed by atoms with E-state index < -0.39 is 0 Å². The Kier molecular flexibility index (Phi) is 5.64.